The van der Waals surface area contributed by atoms with Gasteiger partial charge in [0.15, 0.2) is 0 Å². The van der Waals surface area contributed by atoms with Crippen molar-refractivity contribution < 1.29 is 158 Å². The average molecular weight is 461 g/mol. The molecule has 0 aliphatic heterocycles. The molecule has 2 amide bonds. The van der Waals surface area contributed by atoms with Crippen LogP contribution in [0.25, 0.3) is 0 Å². The van der Waals surface area contributed by atoms with Crippen molar-refractivity contribution in [2.45, 2.75) is 63.9 Å². The molecule has 0 saturated heterocycles. The number of carboxylic acid groups (broad SMARTS) is 3. The van der Waals surface area contributed by atoms with Gasteiger partial charge in [0.2, 0.25) is 5.91 Å². The number of imide groups is 1. The van der Waals surface area contributed by atoms with Crippen LogP contribution in [-0.2, 0) is 14.4 Å². The third-order valence-electron chi connectivity index (χ3n) is 4.70. The molecule has 0 radical (unpaired) electrons. The van der Waals surface area contributed by atoms with Crippen LogP contribution in [0, 0.1) is 11.8 Å². The van der Waals surface area contributed by atoms with E-state index < -0.39 is 41.9 Å². The predicted octanol–water partition coefficient (Wildman–Crippen LogP) is -14.8. The second-order valence-electron chi connectivity index (χ2n) is 6.58. The number of aliphatic carboxylic acids is 2. The molecule has 1 aliphatic carbocycles. The predicted molar refractivity (Wildman–Crippen MR) is 79.4 cm³/mol. The van der Waals surface area contributed by atoms with E-state index in [0.29, 0.717) is 43.4 Å². The smallest absolute Gasteiger partial charge is 0.851 e. The second kappa shape index (κ2) is 21.4. The topological polar surface area (TPSA) is 164 Å². The van der Waals surface area contributed by atoms with Crippen molar-refractivity contribution in [3.05, 3.63) is 0 Å². The first kappa shape index (κ1) is 39.1. The first-order chi connectivity index (χ1) is 12.3. The van der Waals surface area contributed by atoms with Gasteiger partial charge in [-0.2, -0.15) is 0 Å². The second-order valence-corrected chi connectivity index (χ2v) is 6.58. The summed E-state index contributed by atoms with van der Waals surface area (Å²) in [4.78, 5) is 45.2. The minimum absolute atomic E-state index is 0. The minimum Gasteiger partial charge on any atom is -0.851 e. The molecule has 0 aromatic rings. The van der Waals surface area contributed by atoms with Gasteiger partial charge in [-0.15, -0.1) is 6.10 Å². The maximum absolute atomic E-state index is 12.3. The molecular formula is C17H23NNa4O8. The van der Waals surface area contributed by atoms with E-state index in [9.17, 15) is 39.6 Å². The van der Waals surface area contributed by atoms with E-state index in [0.717, 1.165) is 6.42 Å². The van der Waals surface area contributed by atoms with Gasteiger partial charge in [0.05, 0.1) is 11.9 Å². The van der Waals surface area contributed by atoms with Crippen LogP contribution < -0.4 is 139 Å². The van der Waals surface area contributed by atoms with E-state index in [1.807, 2.05) is 0 Å². The van der Waals surface area contributed by atoms with Crippen molar-refractivity contribution in [2.24, 2.45) is 11.8 Å². The van der Waals surface area contributed by atoms with Gasteiger partial charge in [0.1, 0.15) is 6.09 Å². The zero-order valence-corrected chi connectivity index (χ0v) is 26.5. The van der Waals surface area contributed by atoms with Gasteiger partial charge in [0.25, 0.3) is 0 Å². The summed E-state index contributed by atoms with van der Waals surface area (Å²) in [5.41, 5.74) is 0. The van der Waals surface area contributed by atoms with Crippen LogP contribution in [0.4, 0.5) is 4.79 Å². The third kappa shape index (κ3) is 14.2. The summed E-state index contributed by atoms with van der Waals surface area (Å²) < 4.78 is 0. The molecule has 0 spiro atoms. The minimum atomic E-state index is -1.70. The van der Waals surface area contributed by atoms with E-state index in [2.05, 4.69) is 0 Å². The van der Waals surface area contributed by atoms with Gasteiger partial charge in [-0.1, -0.05) is 38.5 Å². The number of carbonyl (C=O) groups is 4. The number of rotatable bonds is 10. The standard InChI is InChI=1S/C17H26NO8.4Na/c19-13-9-5-4-7-11(13)14(20)18(17(25)26)10-6-2-1-3-8-12(15(21)22)16(23)24;;;;/h11-13H,1-10H2,(H,21,22)(H,23,24)(H,25,26);;;;/q-1;4*+1/p-3. The normalized spacial score (nSPS) is 17.3. The Morgan fingerprint density at radius 2 is 1.30 bits per heavy atom. The van der Waals surface area contributed by atoms with E-state index in [4.69, 9.17) is 0 Å². The van der Waals surface area contributed by atoms with Crippen molar-refractivity contribution in [3.8, 4) is 0 Å². The zero-order chi connectivity index (χ0) is 19.7. The molecule has 0 heterocycles. The Kier molecular flexibility index (Phi) is 27.8. The van der Waals surface area contributed by atoms with E-state index >= 15 is 0 Å². The van der Waals surface area contributed by atoms with Crippen LogP contribution in [0.1, 0.15) is 57.8 Å². The van der Waals surface area contributed by atoms with Gasteiger partial charge in [0, 0.05) is 18.4 Å². The number of unbranched alkanes of at least 4 members (excludes halogenated alkanes) is 3. The van der Waals surface area contributed by atoms with Crippen LogP contribution in [0.3, 0.4) is 0 Å². The van der Waals surface area contributed by atoms with Crippen LogP contribution in [-0.4, -0.2) is 41.5 Å². The Balaban J connectivity index is -0.000000845. The van der Waals surface area contributed by atoms with Gasteiger partial charge in [-0.25, -0.2) is 0 Å². The first-order valence-electron chi connectivity index (χ1n) is 8.85. The molecule has 1 rings (SSSR count). The molecule has 1 saturated carbocycles. The summed E-state index contributed by atoms with van der Waals surface area (Å²) >= 11 is 0. The average Bonchev–Trinajstić information content (AvgIpc) is 2.56. The molecule has 13 heteroatoms. The Labute approximate surface area is 265 Å². The van der Waals surface area contributed by atoms with Crippen molar-refractivity contribution in [1.82, 2.24) is 4.90 Å². The summed E-state index contributed by atoms with van der Waals surface area (Å²) in [6.07, 6.45) is 0.860. The molecule has 2 unspecified atom stereocenters. The molecule has 30 heavy (non-hydrogen) atoms. The summed E-state index contributed by atoms with van der Waals surface area (Å²) in [7, 11) is 0. The van der Waals surface area contributed by atoms with Crippen LogP contribution in [0.5, 0.6) is 0 Å². The van der Waals surface area contributed by atoms with Gasteiger partial charge in [-0.05, 0) is 19.3 Å². The maximum Gasteiger partial charge on any atom is 1.00 e. The Morgan fingerprint density at radius 1 is 0.800 bits per heavy atom. The zero-order valence-electron chi connectivity index (χ0n) is 18.5. The fourth-order valence-corrected chi connectivity index (χ4v) is 3.17. The van der Waals surface area contributed by atoms with Crippen molar-refractivity contribution in [2.75, 3.05) is 6.54 Å². The molecule has 0 bridgehead atoms. The van der Waals surface area contributed by atoms with E-state index in [1.165, 1.54) is 0 Å². The number of nitrogens with zero attached hydrogens (tertiary/aromatic N) is 1. The summed E-state index contributed by atoms with van der Waals surface area (Å²) in [6, 6.07) is 0. The van der Waals surface area contributed by atoms with Crippen LogP contribution >= 0.6 is 0 Å². The molecule has 0 aromatic heterocycles. The summed E-state index contributed by atoms with van der Waals surface area (Å²) in [5, 5.41) is 44.3. The van der Waals surface area contributed by atoms with Crippen LogP contribution in [0.2, 0.25) is 0 Å². The summed E-state index contributed by atoms with van der Waals surface area (Å²) in [6.45, 7) is -0.102. The number of carboxylic acids is 2. The number of carbonyl (C=O) groups excluding carboxylic acids is 4. The quantitative estimate of drug-likeness (QED) is 0.176. The number of hydrogen-bond acceptors (Lipinski definition) is 8. The first-order valence-corrected chi connectivity index (χ1v) is 8.85. The number of hydrogen-bond donors (Lipinski definition) is 0. The molecule has 148 valence electrons. The van der Waals surface area contributed by atoms with E-state index in [-0.39, 0.29) is 138 Å². The van der Waals surface area contributed by atoms with Gasteiger partial charge < -0.3 is 34.8 Å². The largest absolute Gasteiger partial charge is 1.00 e. The fourth-order valence-electron chi connectivity index (χ4n) is 3.17. The SMILES string of the molecule is O=C([O-])C(CCCCCCN(C(=O)[O-])C(=O)C1CCCCC1[O-])C(=O)[O-].[Na+].[Na+].[Na+].[Na+]. The molecular weight excluding hydrogens is 438 g/mol. The van der Waals surface area contributed by atoms with E-state index in [1.54, 1.807) is 0 Å². The Morgan fingerprint density at radius 3 is 1.77 bits per heavy atom. The monoisotopic (exact) mass is 461 g/mol. The maximum atomic E-state index is 12.3. The van der Waals surface area contributed by atoms with Crippen molar-refractivity contribution in [3.63, 3.8) is 0 Å². The molecule has 2 atom stereocenters. The van der Waals surface area contributed by atoms with Crippen molar-refractivity contribution in [1.29, 1.82) is 0 Å². The molecule has 9 nitrogen and oxygen atoms in total. The summed E-state index contributed by atoms with van der Waals surface area (Å²) in [5.74, 6) is -6.61. The molecule has 1 fully saturated rings. The Bertz CT molecular complexity index is 524. The fraction of sp³-hybridized carbons (Fsp3) is 0.765. The Hall–Kier alpha value is 1.84. The van der Waals surface area contributed by atoms with Gasteiger partial charge in [-0.3, -0.25) is 9.69 Å². The molecule has 0 N–H and O–H groups in total. The van der Waals surface area contributed by atoms with Gasteiger partial charge >= 0.3 is 118 Å². The molecule has 1 aliphatic rings. The third-order valence-corrected chi connectivity index (χ3v) is 4.70. The molecule has 0 aromatic carbocycles. The van der Waals surface area contributed by atoms with Crippen molar-refractivity contribution >= 4 is 23.9 Å². The number of amides is 2. The van der Waals surface area contributed by atoms with Crippen LogP contribution in [0.15, 0.2) is 0 Å².